The van der Waals surface area contributed by atoms with Gasteiger partial charge in [-0.15, -0.1) is 0 Å². The zero-order chi connectivity index (χ0) is 22.7. The molecule has 1 aromatic heterocycles. The monoisotopic (exact) mass is 435 g/mol. The second kappa shape index (κ2) is 9.42. The van der Waals surface area contributed by atoms with Crippen LogP contribution in [0.5, 0.6) is 0 Å². The fraction of sp³-hybridized carbons (Fsp3) is 0.400. The van der Waals surface area contributed by atoms with E-state index in [1.165, 1.54) is 4.57 Å². The minimum atomic E-state index is -0.687. The van der Waals surface area contributed by atoms with Gasteiger partial charge in [0.2, 0.25) is 11.8 Å². The molecule has 168 valence electrons. The molecule has 7 heteroatoms. The van der Waals surface area contributed by atoms with E-state index in [4.69, 9.17) is 4.42 Å². The Bertz CT molecular complexity index is 1140. The van der Waals surface area contributed by atoms with E-state index in [0.29, 0.717) is 37.0 Å². The van der Waals surface area contributed by atoms with Gasteiger partial charge in [-0.2, -0.15) is 0 Å². The Hall–Kier alpha value is -3.35. The van der Waals surface area contributed by atoms with Gasteiger partial charge in [-0.05, 0) is 43.9 Å². The smallest absolute Gasteiger partial charge is 0.408 e. The van der Waals surface area contributed by atoms with Crippen molar-refractivity contribution in [1.82, 2.24) is 14.8 Å². The SMILES string of the molecule is CCC(C(=O)N1CCC(NC(=O)C(C)n2c(=O)oc3ccccc32)CC1)c1ccccc1. The van der Waals surface area contributed by atoms with Crippen molar-refractivity contribution in [2.45, 2.75) is 51.1 Å². The Kier molecular flexibility index (Phi) is 6.44. The van der Waals surface area contributed by atoms with E-state index in [9.17, 15) is 14.4 Å². The van der Waals surface area contributed by atoms with Crippen molar-refractivity contribution in [2.24, 2.45) is 0 Å². The summed E-state index contributed by atoms with van der Waals surface area (Å²) in [5, 5.41) is 3.05. The number of rotatable bonds is 6. The molecule has 0 saturated carbocycles. The predicted octanol–water partition coefficient (Wildman–Crippen LogP) is 3.46. The van der Waals surface area contributed by atoms with Gasteiger partial charge in [0.1, 0.15) is 6.04 Å². The van der Waals surface area contributed by atoms with Crippen molar-refractivity contribution in [3.63, 3.8) is 0 Å². The third-order valence-electron chi connectivity index (χ3n) is 6.35. The maximum atomic E-state index is 13.1. The number of carbonyl (C=O) groups excluding carboxylic acids is 2. The lowest BCUT2D eigenvalue weighted by molar-refractivity contribution is -0.134. The molecular weight excluding hydrogens is 406 g/mol. The Morgan fingerprint density at radius 1 is 1.06 bits per heavy atom. The van der Waals surface area contributed by atoms with Gasteiger partial charge in [-0.1, -0.05) is 49.4 Å². The second-order valence-corrected chi connectivity index (χ2v) is 8.36. The van der Waals surface area contributed by atoms with Gasteiger partial charge in [-0.25, -0.2) is 4.79 Å². The Labute approximate surface area is 187 Å². The molecule has 1 aliphatic rings. The summed E-state index contributed by atoms with van der Waals surface area (Å²) in [7, 11) is 0. The number of likely N-dealkylation sites (tertiary alicyclic amines) is 1. The Morgan fingerprint density at radius 3 is 2.41 bits per heavy atom. The molecule has 1 saturated heterocycles. The summed E-state index contributed by atoms with van der Waals surface area (Å²) in [5.74, 6) is -0.753. The molecule has 1 N–H and O–H groups in total. The van der Waals surface area contributed by atoms with Crippen LogP contribution in [0.1, 0.15) is 50.6 Å². The molecule has 2 aromatic carbocycles. The maximum absolute atomic E-state index is 13.1. The normalized spacial score (nSPS) is 16.6. The molecule has 2 atom stereocenters. The van der Waals surface area contributed by atoms with E-state index in [1.807, 2.05) is 48.2 Å². The largest absolute Gasteiger partial charge is 0.420 e. The minimum absolute atomic E-state index is 0.0281. The first-order valence-corrected chi connectivity index (χ1v) is 11.2. The Morgan fingerprint density at radius 2 is 1.72 bits per heavy atom. The summed E-state index contributed by atoms with van der Waals surface area (Å²) in [5.41, 5.74) is 2.11. The van der Waals surface area contributed by atoms with Crippen LogP contribution in [-0.2, 0) is 9.59 Å². The summed E-state index contributed by atoms with van der Waals surface area (Å²) in [6.07, 6.45) is 2.14. The molecule has 1 fully saturated rings. The molecule has 0 aliphatic carbocycles. The van der Waals surface area contributed by atoms with Crippen LogP contribution >= 0.6 is 0 Å². The van der Waals surface area contributed by atoms with Crippen molar-refractivity contribution in [2.75, 3.05) is 13.1 Å². The summed E-state index contributed by atoms with van der Waals surface area (Å²) in [6, 6.07) is 16.2. The van der Waals surface area contributed by atoms with Crippen LogP contribution in [-0.4, -0.2) is 40.4 Å². The van der Waals surface area contributed by atoms with Crippen molar-refractivity contribution < 1.29 is 14.0 Å². The van der Waals surface area contributed by atoms with Crippen molar-refractivity contribution in [3.8, 4) is 0 Å². The third kappa shape index (κ3) is 4.33. The lowest BCUT2D eigenvalue weighted by Gasteiger charge is -2.35. The Balaban J connectivity index is 1.36. The van der Waals surface area contributed by atoms with Crippen LogP contribution < -0.4 is 11.1 Å². The molecule has 2 amide bonds. The van der Waals surface area contributed by atoms with E-state index in [-0.39, 0.29) is 23.8 Å². The molecule has 0 radical (unpaired) electrons. The maximum Gasteiger partial charge on any atom is 0.420 e. The summed E-state index contributed by atoms with van der Waals surface area (Å²) >= 11 is 0. The molecule has 4 rings (SSSR count). The molecule has 2 heterocycles. The number of fused-ring (bicyclic) bond motifs is 1. The molecule has 0 bridgehead atoms. The quantitative estimate of drug-likeness (QED) is 0.643. The van der Waals surface area contributed by atoms with Gasteiger partial charge >= 0.3 is 5.76 Å². The van der Waals surface area contributed by atoms with Crippen LogP contribution in [0.4, 0.5) is 0 Å². The fourth-order valence-electron chi connectivity index (χ4n) is 4.49. The highest BCUT2D eigenvalue weighted by molar-refractivity contribution is 5.84. The highest BCUT2D eigenvalue weighted by atomic mass is 16.4. The van der Waals surface area contributed by atoms with Gasteiger partial charge in [0.25, 0.3) is 0 Å². The average molecular weight is 436 g/mol. The number of hydrogen-bond acceptors (Lipinski definition) is 4. The predicted molar refractivity (Wildman–Crippen MR) is 122 cm³/mol. The third-order valence-corrected chi connectivity index (χ3v) is 6.35. The number of carbonyl (C=O) groups is 2. The van der Waals surface area contributed by atoms with Crippen LogP contribution in [0.25, 0.3) is 11.1 Å². The highest BCUT2D eigenvalue weighted by Crippen LogP contribution is 2.24. The number of benzene rings is 2. The van der Waals surface area contributed by atoms with Crippen molar-refractivity contribution >= 4 is 22.9 Å². The highest BCUT2D eigenvalue weighted by Gasteiger charge is 2.30. The molecule has 2 unspecified atom stereocenters. The zero-order valence-electron chi connectivity index (χ0n) is 18.5. The van der Waals surface area contributed by atoms with E-state index in [2.05, 4.69) is 5.32 Å². The first kappa shape index (κ1) is 21.9. The van der Waals surface area contributed by atoms with Crippen molar-refractivity contribution in [3.05, 3.63) is 70.7 Å². The first-order chi connectivity index (χ1) is 15.5. The van der Waals surface area contributed by atoms with Gasteiger partial charge < -0.3 is 14.6 Å². The van der Waals surface area contributed by atoms with Gasteiger partial charge in [-0.3, -0.25) is 14.2 Å². The van der Waals surface area contributed by atoms with Crippen LogP contribution in [0.2, 0.25) is 0 Å². The van der Waals surface area contributed by atoms with Gasteiger partial charge in [0.05, 0.1) is 11.4 Å². The zero-order valence-corrected chi connectivity index (χ0v) is 18.5. The van der Waals surface area contributed by atoms with Gasteiger partial charge in [0.15, 0.2) is 5.58 Å². The molecule has 3 aromatic rings. The van der Waals surface area contributed by atoms with Crippen LogP contribution in [0, 0.1) is 0 Å². The molecular formula is C25H29N3O4. The van der Waals surface area contributed by atoms with Crippen LogP contribution in [0.15, 0.2) is 63.8 Å². The number of piperidine rings is 1. The number of amides is 2. The van der Waals surface area contributed by atoms with Gasteiger partial charge in [0, 0.05) is 19.1 Å². The molecule has 1 aliphatic heterocycles. The molecule has 7 nitrogen and oxygen atoms in total. The fourth-order valence-corrected chi connectivity index (χ4v) is 4.49. The van der Waals surface area contributed by atoms with Crippen molar-refractivity contribution in [1.29, 1.82) is 0 Å². The lowest BCUT2D eigenvalue weighted by Crippen LogP contribution is -2.49. The average Bonchev–Trinajstić information content (AvgIpc) is 3.15. The summed E-state index contributed by atoms with van der Waals surface area (Å²) < 4.78 is 6.64. The van der Waals surface area contributed by atoms with E-state index in [0.717, 1.165) is 12.0 Å². The second-order valence-electron chi connectivity index (χ2n) is 8.36. The number of nitrogens with one attached hydrogen (secondary N) is 1. The standard InChI is InChI=1S/C25H29N3O4/c1-3-20(18-9-5-4-6-10-18)24(30)27-15-13-19(14-16-27)26-23(29)17(2)28-21-11-7-8-12-22(21)32-25(28)31/h4-12,17,19-20H,3,13-16H2,1-2H3,(H,26,29). The van der Waals surface area contributed by atoms with Crippen LogP contribution in [0.3, 0.4) is 0 Å². The van der Waals surface area contributed by atoms with E-state index in [1.54, 1.807) is 25.1 Å². The summed E-state index contributed by atoms with van der Waals surface area (Å²) in [4.78, 5) is 40.1. The topological polar surface area (TPSA) is 84.5 Å². The number of nitrogens with zero attached hydrogens (tertiary/aromatic N) is 2. The number of para-hydroxylation sites is 2. The molecule has 0 spiro atoms. The number of aromatic nitrogens is 1. The number of oxazole rings is 1. The van der Waals surface area contributed by atoms with E-state index >= 15 is 0 Å². The van der Waals surface area contributed by atoms with E-state index < -0.39 is 11.8 Å². The number of hydrogen-bond donors (Lipinski definition) is 1. The first-order valence-electron chi connectivity index (χ1n) is 11.2. The minimum Gasteiger partial charge on any atom is -0.408 e. The lowest BCUT2D eigenvalue weighted by atomic mass is 9.93. The summed E-state index contributed by atoms with van der Waals surface area (Å²) in [6.45, 7) is 4.95. The molecule has 32 heavy (non-hydrogen) atoms.